The highest BCUT2D eigenvalue weighted by molar-refractivity contribution is 5.81. The molecule has 0 fully saturated rings. The van der Waals surface area contributed by atoms with Gasteiger partial charge in [0.2, 0.25) is 0 Å². The zero-order valence-electron chi connectivity index (χ0n) is 8.02. The second kappa shape index (κ2) is 3.32. The average molecular weight is 207 g/mol. The molecule has 15 heavy (non-hydrogen) atoms. The van der Waals surface area contributed by atoms with Gasteiger partial charge in [0.05, 0.1) is 22.6 Å². The largest absolute Gasteiger partial charge is 0.392 e. The van der Waals surface area contributed by atoms with Gasteiger partial charge in [0.25, 0.3) is 5.69 Å². The Morgan fingerprint density at radius 3 is 2.93 bits per heavy atom. The number of aromatic amines is 1. The van der Waals surface area contributed by atoms with Crippen LogP contribution in [0.4, 0.5) is 5.69 Å². The first-order chi connectivity index (χ1) is 7.11. The molecular formula is C9H9N3O3. The van der Waals surface area contributed by atoms with Gasteiger partial charge in [-0.05, 0) is 6.92 Å². The van der Waals surface area contributed by atoms with E-state index in [1.54, 1.807) is 6.92 Å². The van der Waals surface area contributed by atoms with Crippen LogP contribution in [-0.4, -0.2) is 20.0 Å². The number of nitrogens with one attached hydrogen (secondary N) is 1. The molecule has 0 spiro atoms. The summed E-state index contributed by atoms with van der Waals surface area (Å²) >= 11 is 0. The van der Waals surface area contributed by atoms with E-state index in [0.717, 1.165) is 0 Å². The number of non-ortho nitro benzene ring substituents is 1. The number of aromatic nitrogens is 2. The first kappa shape index (κ1) is 9.60. The molecule has 1 aromatic carbocycles. The molecule has 0 radical (unpaired) electrons. The Morgan fingerprint density at radius 1 is 1.60 bits per heavy atom. The number of aryl methyl sites for hydroxylation is 1. The first-order valence-corrected chi connectivity index (χ1v) is 4.36. The van der Waals surface area contributed by atoms with Gasteiger partial charge in [-0.1, -0.05) is 0 Å². The van der Waals surface area contributed by atoms with Crippen LogP contribution in [0.15, 0.2) is 12.1 Å². The summed E-state index contributed by atoms with van der Waals surface area (Å²) in [6.07, 6.45) is 0. The van der Waals surface area contributed by atoms with E-state index in [1.807, 2.05) is 0 Å². The predicted octanol–water partition coefficient (Wildman–Crippen LogP) is 1.27. The second-order valence-electron chi connectivity index (χ2n) is 3.24. The Hall–Kier alpha value is -1.95. The molecule has 0 aliphatic rings. The Kier molecular flexibility index (Phi) is 2.12. The van der Waals surface area contributed by atoms with Crippen molar-refractivity contribution in [2.24, 2.45) is 0 Å². The normalized spacial score (nSPS) is 10.8. The van der Waals surface area contributed by atoms with E-state index in [-0.39, 0.29) is 12.3 Å². The molecule has 6 nitrogen and oxygen atoms in total. The molecular weight excluding hydrogens is 198 g/mol. The minimum absolute atomic E-state index is 0.0461. The van der Waals surface area contributed by atoms with Crippen LogP contribution in [0.2, 0.25) is 0 Å². The number of benzene rings is 1. The summed E-state index contributed by atoms with van der Waals surface area (Å²) in [5.41, 5.74) is 1.57. The zero-order valence-corrected chi connectivity index (χ0v) is 8.02. The van der Waals surface area contributed by atoms with Crippen molar-refractivity contribution in [3.05, 3.63) is 33.6 Å². The van der Waals surface area contributed by atoms with Crippen LogP contribution in [0.5, 0.6) is 0 Å². The quantitative estimate of drug-likeness (QED) is 0.573. The minimum Gasteiger partial charge on any atom is -0.392 e. The number of aliphatic hydroxyl groups is 1. The van der Waals surface area contributed by atoms with Crippen molar-refractivity contribution in [3.63, 3.8) is 0 Å². The molecule has 1 heterocycles. The van der Waals surface area contributed by atoms with E-state index in [0.29, 0.717) is 22.4 Å². The number of hydrogen-bond donors (Lipinski definition) is 2. The number of nitro benzene ring substituents is 1. The summed E-state index contributed by atoms with van der Waals surface area (Å²) < 4.78 is 0. The molecule has 0 amide bonds. The highest BCUT2D eigenvalue weighted by atomic mass is 16.6. The number of H-pyrrole nitrogens is 1. The first-order valence-electron chi connectivity index (χ1n) is 4.36. The van der Waals surface area contributed by atoms with Crippen LogP contribution < -0.4 is 0 Å². The molecule has 2 rings (SSSR count). The Morgan fingerprint density at radius 2 is 2.33 bits per heavy atom. The fourth-order valence-corrected chi connectivity index (χ4v) is 1.52. The maximum atomic E-state index is 10.6. The third-order valence-corrected chi connectivity index (χ3v) is 2.15. The number of nitrogens with zero attached hydrogens (tertiary/aromatic N) is 2. The van der Waals surface area contributed by atoms with E-state index < -0.39 is 4.92 Å². The monoisotopic (exact) mass is 207 g/mol. The van der Waals surface area contributed by atoms with Crippen molar-refractivity contribution >= 4 is 16.7 Å². The summed E-state index contributed by atoms with van der Waals surface area (Å²) in [6.45, 7) is 1.50. The fourth-order valence-electron chi connectivity index (χ4n) is 1.52. The molecule has 0 saturated carbocycles. The van der Waals surface area contributed by atoms with E-state index >= 15 is 0 Å². The lowest BCUT2D eigenvalue weighted by molar-refractivity contribution is -0.384. The van der Waals surface area contributed by atoms with Gasteiger partial charge >= 0.3 is 0 Å². The lowest BCUT2D eigenvalue weighted by Crippen LogP contribution is -1.92. The number of hydrogen-bond acceptors (Lipinski definition) is 4. The lowest BCUT2D eigenvalue weighted by atomic mass is 10.1. The van der Waals surface area contributed by atoms with E-state index in [9.17, 15) is 10.1 Å². The third-order valence-electron chi connectivity index (χ3n) is 2.15. The van der Waals surface area contributed by atoms with Crippen molar-refractivity contribution in [2.45, 2.75) is 13.5 Å². The van der Waals surface area contributed by atoms with Gasteiger partial charge in [0.1, 0.15) is 5.82 Å². The van der Waals surface area contributed by atoms with Crippen LogP contribution in [0.3, 0.4) is 0 Å². The highest BCUT2D eigenvalue weighted by Crippen LogP contribution is 2.23. The van der Waals surface area contributed by atoms with E-state index in [4.69, 9.17) is 5.11 Å². The topological polar surface area (TPSA) is 92.1 Å². The SMILES string of the molecule is Cc1nc2c(CO)cc([N+](=O)[O-])cc2[nH]1. The zero-order chi connectivity index (χ0) is 11.0. The van der Waals surface area contributed by atoms with Gasteiger partial charge in [-0.2, -0.15) is 0 Å². The third kappa shape index (κ3) is 1.55. The number of nitro groups is 1. The summed E-state index contributed by atoms with van der Waals surface area (Å²) in [4.78, 5) is 17.2. The molecule has 0 aliphatic carbocycles. The molecule has 2 N–H and O–H groups in total. The molecule has 1 aromatic heterocycles. The standard InChI is InChI=1S/C9H9N3O3/c1-5-10-8-3-7(12(14)15)2-6(4-13)9(8)11-5/h2-3,13H,4H2,1H3,(H,10,11). The van der Waals surface area contributed by atoms with Crippen LogP contribution in [0.25, 0.3) is 11.0 Å². The molecule has 6 heteroatoms. The maximum Gasteiger partial charge on any atom is 0.272 e. The van der Waals surface area contributed by atoms with Gasteiger partial charge in [-0.3, -0.25) is 10.1 Å². The van der Waals surface area contributed by atoms with Gasteiger partial charge in [-0.25, -0.2) is 4.98 Å². The average Bonchev–Trinajstić information content (AvgIpc) is 2.56. The van der Waals surface area contributed by atoms with E-state index in [1.165, 1.54) is 12.1 Å². The van der Waals surface area contributed by atoms with Gasteiger partial charge in [0.15, 0.2) is 0 Å². The Bertz CT molecular complexity index is 533. The van der Waals surface area contributed by atoms with Crippen LogP contribution in [0.1, 0.15) is 11.4 Å². The molecule has 78 valence electrons. The number of fused-ring (bicyclic) bond motifs is 1. The molecule has 0 unspecified atom stereocenters. The molecule has 2 aromatic rings. The van der Waals surface area contributed by atoms with Crippen molar-refractivity contribution in [3.8, 4) is 0 Å². The lowest BCUT2D eigenvalue weighted by Gasteiger charge is -1.97. The smallest absolute Gasteiger partial charge is 0.272 e. The molecule has 0 aliphatic heterocycles. The Balaban J connectivity index is 2.76. The van der Waals surface area contributed by atoms with Crippen LogP contribution >= 0.6 is 0 Å². The molecule has 0 bridgehead atoms. The fraction of sp³-hybridized carbons (Fsp3) is 0.222. The Labute approximate surface area is 84.7 Å². The molecule has 0 saturated heterocycles. The summed E-state index contributed by atoms with van der Waals surface area (Å²) in [6, 6.07) is 2.75. The van der Waals surface area contributed by atoms with Crippen molar-refractivity contribution in [1.29, 1.82) is 0 Å². The van der Waals surface area contributed by atoms with Crippen molar-refractivity contribution in [1.82, 2.24) is 9.97 Å². The second-order valence-corrected chi connectivity index (χ2v) is 3.24. The van der Waals surface area contributed by atoms with Crippen LogP contribution in [-0.2, 0) is 6.61 Å². The van der Waals surface area contributed by atoms with Crippen molar-refractivity contribution < 1.29 is 10.0 Å². The van der Waals surface area contributed by atoms with Crippen LogP contribution in [0, 0.1) is 17.0 Å². The number of rotatable bonds is 2. The van der Waals surface area contributed by atoms with Crippen molar-refractivity contribution in [2.75, 3.05) is 0 Å². The number of imidazole rings is 1. The summed E-state index contributed by atoms with van der Waals surface area (Å²) in [5, 5.41) is 19.7. The minimum atomic E-state index is -0.491. The molecule has 0 atom stereocenters. The number of aliphatic hydroxyl groups excluding tert-OH is 1. The van der Waals surface area contributed by atoms with Gasteiger partial charge in [-0.15, -0.1) is 0 Å². The highest BCUT2D eigenvalue weighted by Gasteiger charge is 2.13. The summed E-state index contributed by atoms with van der Waals surface area (Å²) in [5.74, 6) is 0.667. The maximum absolute atomic E-state index is 10.6. The van der Waals surface area contributed by atoms with E-state index in [2.05, 4.69) is 9.97 Å². The van der Waals surface area contributed by atoms with Gasteiger partial charge in [0, 0.05) is 17.7 Å². The summed E-state index contributed by atoms with van der Waals surface area (Å²) in [7, 11) is 0. The van der Waals surface area contributed by atoms with Gasteiger partial charge < -0.3 is 10.1 Å². The predicted molar refractivity (Wildman–Crippen MR) is 53.4 cm³/mol.